The zero-order valence-electron chi connectivity index (χ0n) is 16.6. The lowest BCUT2D eigenvalue weighted by molar-refractivity contribution is -0.121. The highest BCUT2D eigenvalue weighted by molar-refractivity contribution is 7.18. The van der Waals surface area contributed by atoms with E-state index >= 15 is 0 Å². The Labute approximate surface area is 168 Å². The van der Waals surface area contributed by atoms with Gasteiger partial charge < -0.3 is 15.0 Å². The maximum Gasteiger partial charge on any atom is 0.259 e. The number of methoxy groups -OCH3 is 1. The number of aromatic nitrogens is 2. The molecule has 0 unspecified atom stereocenters. The Balaban J connectivity index is 1.56. The van der Waals surface area contributed by atoms with Gasteiger partial charge in [-0.15, -0.1) is 11.3 Å². The van der Waals surface area contributed by atoms with Crippen LogP contribution in [0.4, 0.5) is 0 Å². The number of rotatable bonds is 7. The minimum absolute atomic E-state index is 0.0621. The summed E-state index contributed by atoms with van der Waals surface area (Å²) in [6.45, 7) is 6.48. The summed E-state index contributed by atoms with van der Waals surface area (Å²) in [6, 6.07) is 6.01. The smallest absolute Gasteiger partial charge is 0.259 e. The van der Waals surface area contributed by atoms with E-state index in [0.29, 0.717) is 30.6 Å². The maximum absolute atomic E-state index is 12.3. The van der Waals surface area contributed by atoms with E-state index in [4.69, 9.17) is 4.74 Å². The van der Waals surface area contributed by atoms with Crippen LogP contribution in [0.25, 0.3) is 10.2 Å². The van der Waals surface area contributed by atoms with Crippen molar-refractivity contribution in [3.63, 3.8) is 0 Å². The highest BCUT2D eigenvalue weighted by atomic mass is 32.1. The van der Waals surface area contributed by atoms with Crippen molar-refractivity contribution >= 4 is 27.5 Å². The molecule has 3 rings (SSSR count). The van der Waals surface area contributed by atoms with Crippen LogP contribution in [0.1, 0.15) is 33.8 Å². The van der Waals surface area contributed by atoms with Crippen molar-refractivity contribution in [3.05, 3.63) is 55.9 Å². The van der Waals surface area contributed by atoms with E-state index in [2.05, 4.69) is 21.4 Å². The molecule has 0 aliphatic heterocycles. The molecule has 2 N–H and O–H groups in total. The number of ether oxygens (including phenoxy) is 1. The minimum Gasteiger partial charge on any atom is -0.496 e. The van der Waals surface area contributed by atoms with Gasteiger partial charge in [-0.2, -0.15) is 0 Å². The first-order valence-corrected chi connectivity index (χ1v) is 10.1. The number of nitrogens with one attached hydrogen (secondary N) is 2. The number of hydrogen-bond donors (Lipinski definition) is 2. The van der Waals surface area contributed by atoms with E-state index in [1.165, 1.54) is 11.3 Å². The number of amides is 1. The van der Waals surface area contributed by atoms with Crippen LogP contribution in [-0.4, -0.2) is 29.5 Å². The zero-order chi connectivity index (χ0) is 20.3. The lowest BCUT2D eigenvalue weighted by atomic mass is 10.1. The van der Waals surface area contributed by atoms with Gasteiger partial charge in [0.05, 0.1) is 12.5 Å². The largest absolute Gasteiger partial charge is 0.496 e. The minimum atomic E-state index is -0.131. The van der Waals surface area contributed by atoms with Crippen molar-refractivity contribution in [2.24, 2.45) is 0 Å². The lowest BCUT2D eigenvalue weighted by Crippen LogP contribution is -2.26. The number of H-pyrrole nitrogens is 1. The molecule has 2 aromatic heterocycles. The Hall–Kier alpha value is -2.67. The molecule has 2 heterocycles. The number of carbonyl (C=O) groups excluding carboxylic acids is 1. The summed E-state index contributed by atoms with van der Waals surface area (Å²) in [4.78, 5) is 33.6. The molecule has 0 saturated carbocycles. The number of aromatic amines is 1. The summed E-state index contributed by atoms with van der Waals surface area (Å²) in [5.74, 6) is 1.32. The van der Waals surface area contributed by atoms with Crippen LogP contribution in [0, 0.1) is 20.8 Å². The maximum atomic E-state index is 12.3. The van der Waals surface area contributed by atoms with Crippen LogP contribution < -0.4 is 15.6 Å². The number of benzene rings is 1. The number of fused-ring (bicyclic) bond motifs is 1. The second kappa shape index (κ2) is 8.56. The number of nitrogens with zero attached hydrogens (tertiary/aromatic N) is 1. The summed E-state index contributed by atoms with van der Waals surface area (Å²) < 4.78 is 5.37. The molecular weight excluding hydrogens is 374 g/mol. The standard InChI is InChI=1S/C21H25N3O3S/c1-12-5-6-16(27-4)15(11-12)9-10-22-18(25)8-7-17-23-20(26)19-13(2)14(3)28-21(19)24-17/h5-6,11H,7-10H2,1-4H3,(H,22,25)(H,23,24,26). The molecule has 0 aliphatic carbocycles. The second-order valence-corrected chi connectivity index (χ2v) is 8.09. The topological polar surface area (TPSA) is 84.1 Å². The molecule has 7 heteroatoms. The van der Waals surface area contributed by atoms with Gasteiger partial charge in [0, 0.05) is 24.3 Å². The molecule has 0 aliphatic rings. The third kappa shape index (κ3) is 4.42. The van der Waals surface area contributed by atoms with Gasteiger partial charge in [-0.05, 0) is 44.4 Å². The fourth-order valence-corrected chi connectivity index (χ4v) is 4.23. The van der Waals surface area contributed by atoms with Crippen molar-refractivity contribution in [1.82, 2.24) is 15.3 Å². The van der Waals surface area contributed by atoms with E-state index in [1.807, 2.05) is 32.9 Å². The highest BCUT2D eigenvalue weighted by Crippen LogP contribution is 2.25. The predicted molar refractivity (Wildman–Crippen MR) is 112 cm³/mol. The monoisotopic (exact) mass is 399 g/mol. The number of aryl methyl sites for hydroxylation is 4. The van der Waals surface area contributed by atoms with Gasteiger partial charge in [-0.25, -0.2) is 4.98 Å². The quantitative estimate of drug-likeness (QED) is 0.639. The van der Waals surface area contributed by atoms with E-state index in [9.17, 15) is 9.59 Å². The summed E-state index contributed by atoms with van der Waals surface area (Å²) in [6.07, 6.45) is 1.38. The summed E-state index contributed by atoms with van der Waals surface area (Å²) in [5.41, 5.74) is 3.08. The Morgan fingerprint density at radius 3 is 2.79 bits per heavy atom. The van der Waals surface area contributed by atoms with Crippen LogP contribution in [0.3, 0.4) is 0 Å². The molecule has 3 aromatic rings. The van der Waals surface area contributed by atoms with Gasteiger partial charge in [-0.1, -0.05) is 17.7 Å². The highest BCUT2D eigenvalue weighted by Gasteiger charge is 2.12. The molecule has 28 heavy (non-hydrogen) atoms. The molecule has 0 fully saturated rings. The molecule has 0 saturated heterocycles. The van der Waals surface area contributed by atoms with Crippen LogP contribution in [0.15, 0.2) is 23.0 Å². The third-order valence-electron chi connectivity index (χ3n) is 4.83. The number of hydrogen-bond acceptors (Lipinski definition) is 5. The molecule has 0 spiro atoms. The molecule has 6 nitrogen and oxygen atoms in total. The fourth-order valence-electron chi connectivity index (χ4n) is 3.18. The molecule has 0 atom stereocenters. The van der Waals surface area contributed by atoms with Crippen LogP contribution in [0.2, 0.25) is 0 Å². The van der Waals surface area contributed by atoms with Gasteiger partial charge in [-0.3, -0.25) is 9.59 Å². The van der Waals surface area contributed by atoms with Gasteiger partial charge in [0.1, 0.15) is 16.4 Å². The Morgan fingerprint density at radius 1 is 1.25 bits per heavy atom. The summed E-state index contributed by atoms with van der Waals surface area (Å²) in [5, 5.41) is 3.58. The van der Waals surface area contributed by atoms with Crippen LogP contribution in [0.5, 0.6) is 5.75 Å². The predicted octanol–water partition coefficient (Wildman–Crippen LogP) is 3.21. The SMILES string of the molecule is COc1ccc(C)cc1CCNC(=O)CCc1nc2sc(C)c(C)c2c(=O)[nH]1. The van der Waals surface area contributed by atoms with Gasteiger partial charge in [0.25, 0.3) is 5.56 Å². The molecule has 0 radical (unpaired) electrons. The van der Waals surface area contributed by atoms with Crippen molar-refractivity contribution in [2.45, 2.75) is 40.0 Å². The van der Waals surface area contributed by atoms with Crippen LogP contribution >= 0.6 is 11.3 Å². The van der Waals surface area contributed by atoms with Gasteiger partial charge in [0.15, 0.2) is 0 Å². The average Bonchev–Trinajstić information content (AvgIpc) is 2.94. The van der Waals surface area contributed by atoms with Gasteiger partial charge in [0.2, 0.25) is 5.91 Å². The van der Waals surface area contributed by atoms with Crippen molar-refractivity contribution in [2.75, 3.05) is 13.7 Å². The first-order chi connectivity index (χ1) is 13.4. The van der Waals surface area contributed by atoms with E-state index in [1.54, 1.807) is 7.11 Å². The normalized spacial score (nSPS) is 11.0. The molecular formula is C21H25N3O3S. The Morgan fingerprint density at radius 2 is 2.04 bits per heavy atom. The van der Waals surface area contributed by atoms with E-state index in [0.717, 1.165) is 32.1 Å². The molecule has 1 amide bonds. The van der Waals surface area contributed by atoms with Crippen LogP contribution in [-0.2, 0) is 17.6 Å². The third-order valence-corrected chi connectivity index (χ3v) is 5.93. The van der Waals surface area contributed by atoms with E-state index < -0.39 is 0 Å². The van der Waals surface area contributed by atoms with Crippen molar-refractivity contribution < 1.29 is 9.53 Å². The first kappa shape index (κ1) is 20.1. The lowest BCUT2D eigenvalue weighted by Gasteiger charge is -2.10. The zero-order valence-corrected chi connectivity index (χ0v) is 17.5. The Bertz CT molecular complexity index is 1070. The van der Waals surface area contributed by atoms with Crippen molar-refractivity contribution in [1.29, 1.82) is 0 Å². The van der Waals surface area contributed by atoms with E-state index in [-0.39, 0.29) is 17.9 Å². The number of thiophene rings is 1. The summed E-state index contributed by atoms with van der Waals surface area (Å²) >= 11 is 1.51. The molecule has 0 bridgehead atoms. The number of carbonyl (C=O) groups is 1. The fraction of sp³-hybridized carbons (Fsp3) is 0.381. The average molecular weight is 400 g/mol. The second-order valence-electron chi connectivity index (χ2n) is 6.89. The Kier molecular flexibility index (Phi) is 6.14. The van der Waals surface area contributed by atoms with Gasteiger partial charge >= 0.3 is 0 Å². The molecule has 148 valence electrons. The summed E-state index contributed by atoms with van der Waals surface area (Å²) in [7, 11) is 1.65. The first-order valence-electron chi connectivity index (χ1n) is 9.28. The molecule has 1 aromatic carbocycles. The van der Waals surface area contributed by atoms with Crippen molar-refractivity contribution in [3.8, 4) is 5.75 Å².